The van der Waals surface area contributed by atoms with E-state index in [4.69, 9.17) is 4.42 Å². The van der Waals surface area contributed by atoms with Crippen LogP contribution in [0.1, 0.15) is 0 Å². The maximum Gasteiger partial charge on any atom is 0.136 e. The van der Waals surface area contributed by atoms with E-state index >= 15 is 0 Å². The summed E-state index contributed by atoms with van der Waals surface area (Å²) in [7, 11) is 0. The highest BCUT2D eigenvalue weighted by atomic mass is 16.3. The molecule has 0 saturated heterocycles. The number of fused-ring (bicyclic) bond motifs is 9. The Morgan fingerprint density at radius 2 is 0.651 bits per heavy atom. The van der Waals surface area contributed by atoms with Crippen molar-refractivity contribution in [1.82, 2.24) is 9.13 Å². The van der Waals surface area contributed by atoms with Gasteiger partial charge in [-0.15, -0.1) is 0 Å². The fraction of sp³-hybridized carbons (Fsp3) is 0. The summed E-state index contributed by atoms with van der Waals surface area (Å²) < 4.78 is 11.1. The first-order valence-corrected chi connectivity index (χ1v) is 21.6. The van der Waals surface area contributed by atoms with Crippen molar-refractivity contribution in [2.45, 2.75) is 0 Å². The van der Waals surface area contributed by atoms with Crippen LogP contribution >= 0.6 is 0 Å². The molecule has 0 radical (unpaired) electrons. The van der Waals surface area contributed by atoms with Gasteiger partial charge >= 0.3 is 0 Å². The smallest absolute Gasteiger partial charge is 0.136 e. The van der Waals surface area contributed by atoms with E-state index in [-0.39, 0.29) is 0 Å². The van der Waals surface area contributed by atoms with Gasteiger partial charge in [0.2, 0.25) is 0 Å². The second kappa shape index (κ2) is 14.1. The molecule has 0 unspecified atom stereocenters. The maximum atomic E-state index is 6.29. The third-order valence-corrected chi connectivity index (χ3v) is 12.9. The Morgan fingerprint density at radius 1 is 0.222 bits per heavy atom. The highest BCUT2D eigenvalue weighted by Gasteiger charge is 2.17. The van der Waals surface area contributed by atoms with Gasteiger partial charge in [-0.25, -0.2) is 0 Å². The van der Waals surface area contributed by atoms with Crippen molar-refractivity contribution < 1.29 is 4.42 Å². The van der Waals surface area contributed by atoms with Crippen molar-refractivity contribution >= 4 is 65.6 Å². The van der Waals surface area contributed by atoms with Gasteiger partial charge in [0.25, 0.3) is 0 Å². The van der Waals surface area contributed by atoms with Gasteiger partial charge in [0.1, 0.15) is 11.2 Å². The largest absolute Gasteiger partial charge is 0.456 e. The molecule has 10 aromatic carbocycles. The number of hydrogen-bond acceptors (Lipinski definition) is 1. The average Bonchev–Trinajstić information content (AvgIpc) is 4.01. The molecule has 3 heterocycles. The lowest BCUT2D eigenvalue weighted by Crippen LogP contribution is -1.94. The molecule has 13 rings (SSSR count). The lowest BCUT2D eigenvalue weighted by atomic mass is 9.98. The third-order valence-electron chi connectivity index (χ3n) is 12.9. The van der Waals surface area contributed by atoms with E-state index in [0.717, 1.165) is 33.3 Å². The zero-order valence-electron chi connectivity index (χ0n) is 34.2. The molecule has 0 aliphatic rings. The molecular formula is C60H38N2O. The van der Waals surface area contributed by atoms with Crippen LogP contribution in [-0.2, 0) is 0 Å². The average molecular weight is 803 g/mol. The number of benzene rings is 10. The summed E-state index contributed by atoms with van der Waals surface area (Å²) in [5, 5.41) is 7.18. The summed E-state index contributed by atoms with van der Waals surface area (Å²) in [5.74, 6) is 0. The fourth-order valence-electron chi connectivity index (χ4n) is 9.87. The first-order chi connectivity index (χ1) is 31.2. The van der Waals surface area contributed by atoms with Crippen molar-refractivity contribution in [3.63, 3.8) is 0 Å². The molecular weight excluding hydrogens is 765 g/mol. The molecule has 0 saturated carbocycles. The fourth-order valence-corrected chi connectivity index (χ4v) is 9.87. The summed E-state index contributed by atoms with van der Waals surface area (Å²) in [6, 6.07) is 83.4. The Bertz CT molecular complexity index is 3870. The first kappa shape index (κ1) is 35.4. The molecule has 0 aliphatic carbocycles. The minimum Gasteiger partial charge on any atom is -0.456 e. The van der Waals surface area contributed by atoms with Crippen LogP contribution < -0.4 is 0 Å². The predicted molar refractivity (Wildman–Crippen MR) is 264 cm³/mol. The summed E-state index contributed by atoms with van der Waals surface area (Å²) in [5.41, 5.74) is 18.5. The number of para-hydroxylation sites is 3. The molecule has 63 heavy (non-hydrogen) atoms. The van der Waals surface area contributed by atoms with E-state index in [1.165, 1.54) is 88.1 Å². The Hall–Kier alpha value is -8.40. The van der Waals surface area contributed by atoms with Crippen molar-refractivity contribution in [3.05, 3.63) is 231 Å². The zero-order chi connectivity index (χ0) is 41.4. The normalized spacial score (nSPS) is 11.8. The Kier molecular flexibility index (Phi) is 7.91. The third kappa shape index (κ3) is 5.75. The summed E-state index contributed by atoms with van der Waals surface area (Å²) in [6.07, 6.45) is 0. The maximum absolute atomic E-state index is 6.29. The second-order valence-corrected chi connectivity index (χ2v) is 16.5. The topological polar surface area (TPSA) is 23.0 Å². The molecule has 0 amide bonds. The molecule has 294 valence electrons. The van der Waals surface area contributed by atoms with E-state index in [1.54, 1.807) is 0 Å². The van der Waals surface area contributed by atoms with Crippen LogP contribution in [0.3, 0.4) is 0 Å². The highest BCUT2D eigenvalue weighted by molar-refractivity contribution is 6.17. The summed E-state index contributed by atoms with van der Waals surface area (Å²) in [6.45, 7) is 0. The summed E-state index contributed by atoms with van der Waals surface area (Å²) in [4.78, 5) is 0. The number of nitrogens with zero attached hydrogens (tertiary/aromatic N) is 2. The minimum atomic E-state index is 0.916. The molecule has 0 spiro atoms. The zero-order valence-corrected chi connectivity index (χ0v) is 34.2. The van der Waals surface area contributed by atoms with Crippen LogP contribution in [0.5, 0.6) is 0 Å². The van der Waals surface area contributed by atoms with E-state index < -0.39 is 0 Å². The molecule has 0 aliphatic heterocycles. The van der Waals surface area contributed by atoms with Gasteiger partial charge in [0.15, 0.2) is 0 Å². The Morgan fingerprint density at radius 3 is 1.29 bits per heavy atom. The molecule has 3 aromatic heterocycles. The second-order valence-electron chi connectivity index (χ2n) is 16.5. The molecule has 0 bridgehead atoms. The number of hydrogen-bond donors (Lipinski definition) is 0. The van der Waals surface area contributed by atoms with Crippen LogP contribution in [0.2, 0.25) is 0 Å². The van der Waals surface area contributed by atoms with Gasteiger partial charge in [0.05, 0.1) is 22.1 Å². The number of aromatic nitrogens is 2. The van der Waals surface area contributed by atoms with E-state index in [9.17, 15) is 0 Å². The predicted octanol–water partition coefficient (Wildman–Crippen LogP) is 16.4. The van der Waals surface area contributed by atoms with Crippen LogP contribution in [0, 0.1) is 0 Å². The van der Waals surface area contributed by atoms with Gasteiger partial charge in [0, 0.05) is 43.7 Å². The number of furan rings is 1. The van der Waals surface area contributed by atoms with E-state index in [0.29, 0.717) is 0 Å². The van der Waals surface area contributed by atoms with Crippen molar-refractivity contribution in [3.8, 4) is 55.9 Å². The Labute approximate surface area is 363 Å². The van der Waals surface area contributed by atoms with E-state index in [1.807, 2.05) is 12.1 Å². The Balaban J connectivity index is 0.799. The van der Waals surface area contributed by atoms with Crippen LogP contribution in [0.25, 0.3) is 121 Å². The van der Waals surface area contributed by atoms with Gasteiger partial charge in [-0.3, -0.25) is 0 Å². The van der Waals surface area contributed by atoms with Gasteiger partial charge in [-0.05, 0) is 117 Å². The minimum absolute atomic E-state index is 0.916. The van der Waals surface area contributed by atoms with Crippen molar-refractivity contribution in [1.29, 1.82) is 0 Å². The SMILES string of the molecule is c1ccc(-c2cccc(-c3ccc4c(c3)c3ccccc3n4-c3ccc(-c4ccc(-c5ccc(-n6c7ccccc7c7cc8oc9ccccc9c8cc76)cc5)cc4)cc3)c2)cc1. The monoisotopic (exact) mass is 802 g/mol. The molecule has 0 fully saturated rings. The van der Waals surface area contributed by atoms with Crippen LogP contribution in [-0.4, -0.2) is 9.13 Å². The van der Waals surface area contributed by atoms with Crippen molar-refractivity contribution in [2.75, 3.05) is 0 Å². The molecule has 3 heteroatoms. The lowest BCUT2D eigenvalue weighted by molar-refractivity contribution is 0.669. The number of rotatable bonds is 6. The van der Waals surface area contributed by atoms with Crippen LogP contribution in [0.15, 0.2) is 235 Å². The van der Waals surface area contributed by atoms with E-state index in [2.05, 4.69) is 228 Å². The van der Waals surface area contributed by atoms with Crippen LogP contribution in [0.4, 0.5) is 0 Å². The van der Waals surface area contributed by atoms with Gasteiger partial charge < -0.3 is 13.6 Å². The summed E-state index contributed by atoms with van der Waals surface area (Å²) >= 11 is 0. The lowest BCUT2D eigenvalue weighted by Gasteiger charge is -2.11. The molecule has 0 atom stereocenters. The van der Waals surface area contributed by atoms with Gasteiger partial charge in [-0.1, -0.05) is 158 Å². The standard InChI is InChI=1S/C60H38N2O/c1-2-11-39(12-3-1)44-13-10-14-45(35-44)46-29-34-57-52(36-46)49-15-4-7-18-55(49)61(57)47-30-25-42(26-31-47)40-21-23-41(24-22-40)43-27-32-48(33-28-43)62-56-19-8-5-16-50(56)53-38-60-54(37-58(53)62)51-17-6-9-20-59(51)63-60/h1-38H. The van der Waals surface area contributed by atoms with Crippen molar-refractivity contribution in [2.24, 2.45) is 0 Å². The molecule has 13 aromatic rings. The molecule has 0 N–H and O–H groups in total. The van der Waals surface area contributed by atoms with Gasteiger partial charge in [-0.2, -0.15) is 0 Å². The highest BCUT2D eigenvalue weighted by Crippen LogP contribution is 2.40. The quantitative estimate of drug-likeness (QED) is 0.164. The molecule has 3 nitrogen and oxygen atoms in total. The first-order valence-electron chi connectivity index (χ1n) is 21.6.